The molecule has 0 unspecified atom stereocenters. The smallest absolute Gasteiger partial charge is 0.227 e. The largest absolute Gasteiger partial charge is 0.351 e. The minimum Gasteiger partial charge on any atom is -0.351 e. The molecule has 0 aliphatic heterocycles. The Morgan fingerprint density at radius 1 is 1.56 bits per heavy atom. The summed E-state index contributed by atoms with van der Waals surface area (Å²) in [6, 6.07) is 2.04. The first-order valence-corrected chi connectivity index (χ1v) is 7.60. The first-order chi connectivity index (χ1) is 8.66. The number of amides is 1. The number of hydrogen-bond acceptors (Lipinski definition) is 3. The summed E-state index contributed by atoms with van der Waals surface area (Å²) < 4.78 is 0. The Labute approximate surface area is 113 Å². The van der Waals surface area contributed by atoms with E-state index in [4.69, 9.17) is 5.73 Å². The van der Waals surface area contributed by atoms with Crippen molar-refractivity contribution >= 4 is 17.2 Å². The first-order valence-electron chi connectivity index (χ1n) is 6.66. The van der Waals surface area contributed by atoms with Crippen molar-refractivity contribution in [2.45, 2.75) is 39.2 Å². The van der Waals surface area contributed by atoms with E-state index in [0.29, 0.717) is 13.1 Å². The number of carbonyl (C=O) groups excluding carboxylic acids is 1. The first kappa shape index (κ1) is 13.6. The van der Waals surface area contributed by atoms with Crippen LogP contribution in [-0.4, -0.2) is 12.5 Å². The average molecular weight is 266 g/mol. The van der Waals surface area contributed by atoms with E-state index in [2.05, 4.69) is 17.6 Å². The summed E-state index contributed by atoms with van der Waals surface area (Å²) >= 11 is 1.66. The fraction of sp³-hybridized carbons (Fsp3) is 0.643. The molecular weight excluding hydrogens is 244 g/mol. The molecule has 0 bridgehead atoms. The van der Waals surface area contributed by atoms with Crippen molar-refractivity contribution in [2.24, 2.45) is 17.1 Å². The van der Waals surface area contributed by atoms with Crippen molar-refractivity contribution in [3.8, 4) is 0 Å². The fourth-order valence-electron chi connectivity index (χ4n) is 2.60. The third kappa shape index (κ3) is 2.93. The van der Waals surface area contributed by atoms with Gasteiger partial charge in [0.1, 0.15) is 0 Å². The van der Waals surface area contributed by atoms with Gasteiger partial charge in [0, 0.05) is 13.1 Å². The van der Waals surface area contributed by atoms with Crippen LogP contribution in [0.2, 0.25) is 0 Å². The van der Waals surface area contributed by atoms with Crippen molar-refractivity contribution in [1.29, 1.82) is 0 Å². The van der Waals surface area contributed by atoms with E-state index >= 15 is 0 Å². The second-order valence-corrected chi connectivity index (χ2v) is 6.26. The van der Waals surface area contributed by atoms with Crippen LogP contribution in [0.5, 0.6) is 0 Å². The van der Waals surface area contributed by atoms with Gasteiger partial charge in [0.25, 0.3) is 0 Å². The van der Waals surface area contributed by atoms with E-state index < -0.39 is 0 Å². The Hall–Kier alpha value is -0.870. The minimum absolute atomic E-state index is 0.142. The van der Waals surface area contributed by atoms with Crippen molar-refractivity contribution in [1.82, 2.24) is 5.32 Å². The third-order valence-corrected chi connectivity index (χ3v) is 4.87. The number of carbonyl (C=O) groups is 1. The van der Waals surface area contributed by atoms with Gasteiger partial charge in [-0.25, -0.2) is 0 Å². The number of nitrogens with two attached hydrogens (primary N) is 1. The summed E-state index contributed by atoms with van der Waals surface area (Å²) in [5, 5.41) is 7.15. The molecule has 1 aromatic heterocycles. The number of hydrogen-bond donors (Lipinski definition) is 2. The van der Waals surface area contributed by atoms with Gasteiger partial charge in [-0.05, 0) is 54.0 Å². The van der Waals surface area contributed by atoms with Gasteiger partial charge in [-0.3, -0.25) is 4.79 Å². The van der Waals surface area contributed by atoms with Crippen LogP contribution in [0, 0.1) is 11.3 Å². The normalized spacial score (nSPS) is 28.0. The van der Waals surface area contributed by atoms with Gasteiger partial charge in [0.05, 0.1) is 5.41 Å². The molecule has 2 rings (SSSR count). The van der Waals surface area contributed by atoms with Crippen LogP contribution in [0.1, 0.15) is 38.2 Å². The molecule has 3 N–H and O–H groups in total. The van der Waals surface area contributed by atoms with E-state index in [9.17, 15) is 4.79 Å². The van der Waals surface area contributed by atoms with Gasteiger partial charge in [-0.2, -0.15) is 11.3 Å². The second-order valence-electron chi connectivity index (χ2n) is 5.48. The average Bonchev–Trinajstić information content (AvgIpc) is 2.90. The SMILES string of the molecule is CC1CCC(CN)(C(=O)NCc2ccsc2)CC1. The molecular formula is C14H22N2OS. The molecule has 1 aliphatic carbocycles. The predicted octanol–water partition coefficient (Wildman–Crippen LogP) is 2.52. The summed E-state index contributed by atoms with van der Waals surface area (Å²) in [6.07, 6.45) is 4.09. The molecule has 0 radical (unpaired) electrons. The van der Waals surface area contributed by atoms with Crippen LogP contribution in [-0.2, 0) is 11.3 Å². The molecule has 1 heterocycles. The molecule has 0 saturated heterocycles. The summed E-state index contributed by atoms with van der Waals surface area (Å²) in [6.45, 7) is 3.35. The predicted molar refractivity (Wildman–Crippen MR) is 75.3 cm³/mol. The van der Waals surface area contributed by atoms with Gasteiger partial charge in [-0.1, -0.05) is 6.92 Å². The van der Waals surface area contributed by atoms with Crippen LogP contribution in [0.4, 0.5) is 0 Å². The highest BCUT2D eigenvalue weighted by Gasteiger charge is 2.39. The van der Waals surface area contributed by atoms with Gasteiger partial charge in [-0.15, -0.1) is 0 Å². The Bertz CT molecular complexity index is 381. The van der Waals surface area contributed by atoms with E-state index in [-0.39, 0.29) is 11.3 Å². The lowest BCUT2D eigenvalue weighted by Gasteiger charge is -2.37. The minimum atomic E-state index is -0.317. The van der Waals surface area contributed by atoms with Crippen molar-refractivity contribution < 1.29 is 4.79 Å². The maximum Gasteiger partial charge on any atom is 0.227 e. The molecule has 1 fully saturated rings. The molecule has 4 heteroatoms. The highest BCUT2D eigenvalue weighted by atomic mass is 32.1. The number of nitrogens with one attached hydrogen (secondary N) is 1. The number of rotatable bonds is 4. The van der Waals surface area contributed by atoms with Gasteiger partial charge >= 0.3 is 0 Å². The molecule has 100 valence electrons. The van der Waals surface area contributed by atoms with Crippen molar-refractivity contribution in [2.75, 3.05) is 6.54 Å². The molecule has 0 aromatic carbocycles. The molecule has 1 saturated carbocycles. The Kier molecular flexibility index (Phi) is 4.40. The molecule has 0 spiro atoms. The molecule has 1 aromatic rings. The zero-order valence-electron chi connectivity index (χ0n) is 10.9. The standard InChI is InChI=1S/C14H22N2OS/c1-11-2-5-14(10-15,6-3-11)13(17)16-8-12-4-7-18-9-12/h4,7,9,11H,2-3,5-6,8,10,15H2,1H3,(H,16,17). The zero-order chi connectivity index (χ0) is 13.0. The maximum absolute atomic E-state index is 12.4. The lowest BCUT2D eigenvalue weighted by Crippen LogP contribution is -2.47. The molecule has 0 atom stereocenters. The molecule has 1 aliphatic rings. The van der Waals surface area contributed by atoms with Crippen molar-refractivity contribution in [3.63, 3.8) is 0 Å². The van der Waals surface area contributed by atoms with Crippen LogP contribution in [0.25, 0.3) is 0 Å². The quantitative estimate of drug-likeness (QED) is 0.880. The molecule has 3 nitrogen and oxygen atoms in total. The Morgan fingerprint density at radius 3 is 2.83 bits per heavy atom. The lowest BCUT2D eigenvalue weighted by molar-refractivity contribution is -0.133. The third-order valence-electron chi connectivity index (χ3n) is 4.14. The Balaban J connectivity index is 1.93. The fourth-order valence-corrected chi connectivity index (χ4v) is 3.27. The monoisotopic (exact) mass is 266 g/mol. The summed E-state index contributed by atoms with van der Waals surface area (Å²) in [7, 11) is 0. The van der Waals surface area contributed by atoms with Gasteiger partial charge in [0.15, 0.2) is 0 Å². The van der Waals surface area contributed by atoms with E-state index in [1.807, 2.05) is 11.4 Å². The van der Waals surface area contributed by atoms with Crippen LogP contribution in [0.15, 0.2) is 16.8 Å². The zero-order valence-corrected chi connectivity index (χ0v) is 11.8. The van der Waals surface area contributed by atoms with Gasteiger partial charge in [0.2, 0.25) is 5.91 Å². The van der Waals surface area contributed by atoms with Crippen LogP contribution < -0.4 is 11.1 Å². The second kappa shape index (κ2) is 5.85. The van der Waals surface area contributed by atoms with E-state index in [1.165, 1.54) is 5.56 Å². The summed E-state index contributed by atoms with van der Waals surface area (Å²) in [5.74, 6) is 0.873. The molecule has 18 heavy (non-hydrogen) atoms. The van der Waals surface area contributed by atoms with Crippen LogP contribution >= 0.6 is 11.3 Å². The maximum atomic E-state index is 12.4. The lowest BCUT2D eigenvalue weighted by atomic mass is 9.70. The van der Waals surface area contributed by atoms with E-state index in [1.54, 1.807) is 11.3 Å². The van der Waals surface area contributed by atoms with Crippen LogP contribution in [0.3, 0.4) is 0 Å². The topological polar surface area (TPSA) is 55.1 Å². The van der Waals surface area contributed by atoms with E-state index in [0.717, 1.165) is 31.6 Å². The summed E-state index contributed by atoms with van der Waals surface area (Å²) in [5.41, 5.74) is 6.73. The number of thiophene rings is 1. The van der Waals surface area contributed by atoms with Crippen molar-refractivity contribution in [3.05, 3.63) is 22.4 Å². The molecule has 1 amide bonds. The highest BCUT2D eigenvalue weighted by Crippen LogP contribution is 2.38. The Morgan fingerprint density at radius 2 is 2.28 bits per heavy atom. The van der Waals surface area contributed by atoms with Gasteiger partial charge < -0.3 is 11.1 Å². The summed E-state index contributed by atoms with van der Waals surface area (Å²) in [4.78, 5) is 12.4. The highest BCUT2D eigenvalue weighted by molar-refractivity contribution is 7.07.